The fourth-order valence-electron chi connectivity index (χ4n) is 8.28. The number of azide groups is 1. The summed E-state index contributed by atoms with van der Waals surface area (Å²) in [5, 5.41) is 72.6. The number of rotatable bonds is 29. The van der Waals surface area contributed by atoms with Gasteiger partial charge in [0.2, 0.25) is 35.4 Å². The minimum absolute atomic E-state index is 0.0232. The van der Waals surface area contributed by atoms with Gasteiger partial charge in [0, 0.05) is 28.5 Å². The first kappa shape index (κ1) is 59.1. The Labute approximate surface area is 442 Å². The van der Waals surface area contributed by atoms with Crippen molar-refractivity contribution in [1.29, 1.82) is 5.41 Å². The van der Waals surface area contributed by atoms with Crippen LogP contribution in [0.3, 0.4) is 0 Å². The number of fused-ring (bicyclic) bond motifs is 3. The Morgan fingerprint density at radius 1 is 0.800 bits per heavy atom. The lowest BCUT2D eigenvalue weighted by Crippen LogP contribution is -2.62. The summed E-state index contributed by atoms with van der Waals surface area (Å²) in [5.74, 6) is -6.38. The SMILES string of the molecule is CC(NC(=O)C(N)Cc1ccc(N=[N+]=[N-])cc1)C(=O)NC(Cc1ccc(O)cc1)C(=O)NC(CC12SC1Nc1ccccc12)C(=O)NC(CCCC=N)C(=O)NC(C(=O)NC(=O)C(CS)NC(CO)C(C)O)C(C)O. The number of thiol groups is 1. The quantitative estimate of drug-likeness (QED) is 0.00837. The molecule has 0 aromatic heterocycles. The van der Waals surface area contributed by atoms with Crippen LogP contribution in [-0.2, 0) is 51.2 Å². The van der Waals surface area contributed by atoms with Gasteiger partial charge in [0.25, 0.3) is 5.91 Å². The third-order valence-corrected chi connectivity index (χ3v) is 14.5. The molecule has 7 amide bonds. The molecule has 2 aliphatic heterocycles. The lowest BCUT2D eigenvalue weighted by atomic mass is 9.92. The predicted molar refractivity (Wildman–Crippen MR) is 283 cm³/mol. The molecular formula is C49H65N13O11S2. The molecule has 1 saturated heterocycles. The fraction of sp³-hybridized carbons (Fsp3) is 0.469. The van der Waals surface area contributed by atoms with E-state index in [9.17, 15) is 54.0 Å². The third kappa shape index (κ3) is 16.4. The number of benzene rings is 3. The summed E-state index contributed by atoms with van der Waals surface area (Å²) in [5.41, 5.74) is 18.1. The van der Waals surface area contributed by atoms with Gasteiger partial charge in [-0.3, -0.25) is 44.2 Å². The van der Waals surface area contributed by atoms with Crippen molar-refractivity contribution in [3.63, 3.8) is 0 Å². The number of aliphatic hydroxyl groups excluding tert-OH is 3. The summed E-state index contributed by atoms with van der Waals surface area (Å²) < 4.78 is -0.724. The second kappa shape index (κ2) is 27.7. The number of amides is 7. The van der Waals surface area contributed by atoms with Crippen molar-refractivity contribution in [2.45, 2.75) is 130 Å². The Morgan fingerprint density at radius 3 is 2.04 bits per heavy atom. The monoisotopic (exact) mass is 1080 g/mol. The fourth-order valence-corrected chi connectivity index (χ4v) is 9.94. The number of aromatic hydroxyl groups is 1. The number of nitrogens with two attached hydrogens (primary N) is 1. The zero-order valence-electron chi connectivity index (χ0n) is 41.4. The molecule has 0 aliphatic carbocycles. The van der Waals surface area contributed by atoms with E-state index in [1.54, 1.807) is 24.3 Å². The maximum Gasteiger partial charge on any atom is 0.251 e. The Bertz CT molecular complexity index is 2570. The van der Waals surface area contributed by atoms with E-state index in [0.29, 0.717) is 16.8 Å². The van der Waals surface area contributed by atoms with E-state index < -0.39 is 113 Å². The predicted octanol–water partition coefficient (Wildman–Crippen LogP) is 0.148. The molecule has 24 nitrogen and oxygen atoms in total. The molecule has 15 N–H and O–H groups in total. The van der Waals surface area contributed by atoms with Crippen molar-refractivity contribution in [3.8, 4) is 5.75 Å². The smallest absolute Gasteiger partial charge is 0.251 e. The average Bonchev–Trinajstić information content (AvgIpc) is 3.98. The van der Waals surface area contributed by atoms with Crippen LogP contribution >= 0.6 is 24.4 Å². The van der Waals surface area contributed by atoms with Crippen LogP contribution in [0.4, 0.5) is 11.4 Å². The van der Waals surface area contributed by atoms with Crippen LogP contribution in [0.25, 0.3) is 10.4 Å². The Kier molecular flexibility index (Phi) is 21.8. The van der Waals surface area contributed by atoms with Crippen molar-refractivity contribution in [1.82, 2.24) is 37.2 Å². The summed E-state index contributed by atoms with van der Waals surface area (Å²) in [6.07, 6.45) is -1.37. The van der Waals surface area contributed by atoms with Crippen LogP contribution < -0.4 is 48.3 Å². The van der Waals surface area contributed by atoms with Gasteiger partial charge in [0.15, 0.2) is 0 Å². The van der Waals surface area contributed by atoms with Gasteiger partial charge in [-0.05, 0) is 99.5 Å². The highest BCUT2D eigenvalue weighted by molar-refractivity contribution is 8.08. The molecule has 12 atom stereocenters. The highest BCUT2D eigenvalue weighted by Gasteiger charge is 2.63. The first-order chi connectivity index (χ1) is 35.7. The largest absolute Gasteiger partial charge is 0.508 e. The van der Waals surface area contributed by atoms with Gasteiger partial charge in [-0.25, -0.2) is 0 Å². The van der Waals surface area contributed by atoms with Gasteiger partial charge in [-0.2, -0.15) is 12.6 Å². The summed E-state index contributed by atoms with van der Waals surface area (Å²) >= 11 is 5.65. The Balaban J connectivity index is 1.38. The molecule has 0 radical (unpaired) electrons. The lowest BCUT2D eigenvalue weighted by molar-refractivity contribution is -0.138. The first-order valence-electron chi connectivity index (χ1n) is 24.1. The molecule has 0 bridgehead atoms. The molecule has 2 heterocycles. The molecule has 2 aliphatic rings. The number of para-hydroxylation sites is 1. The highest BCUT2D eigenvalue weighted by Crippen LogP contribution is 2.69. The summed E-state index contributed by atoms with van der Waals surface area (Å²) in [4.78, 5) is 100. The van der Waals surface area contributed by atoms with E-state index in [1.807, 2.05) is 24.3 Å². The minimum Gasteiger partial charge on any atom is -0.508 e. The molecule has 3 aromatic rings. The van der Waals surface area contributed by atoms with Crippen molar-refractivity contribution in [2.24, 2.45) is 10.8 Å². The second-order valence-corrected chi connectivity index (χ2v) is 20.2. The number of hydrogen-bond acceptors (Lipinski definition) is 18. The van der Waals surface area contributed by atoms with E-state index in [2.05, 4.69) is 65.2 Å². The van der Waals surface area contributed by atoms with Crippen LogP contribution in [0.5, 0.6) is 5.75 Å². The molecule has 26 heteroatoms. The average molecular weight is 1080 g/mol. The number of imide groups is 1. The normalized spacial score (nSPS) is 19.1. The number of hydrogen-bond donors (Lipinski definition) is 15. The van der Waals surface area contributed by atoms with E-state index in [4.69, 9.17) is 16.7 Å². The molecule has 1 fully saturated rings. The zero-order valence-corrected chi connectivity index (χ0v) is 43.1. The van der Waals surface area contributed by atoms with Crippen molar-refractivity contribution < 1.29 is 54.0 Å². The molecule has 75 heavy (non-hydrogen) atoms. The maximum atomic E-state index is 14.8. The number of carbonyl (C=O) groups is 7. The van der Waals surface area contributed by atoms with Crippen molar-refractivity contribution in [2.75, 3.05) is 17.7 Å². The van der Waals surface area contributed by atoms with Crippen molar-refractivity contribution >= 4 is 83.3 Å². The van der Waals surface area contributed by atoms with Crippen LogP contribution in [-0.4, -0.2) is 146 Å². The van der Waals surface area contributed by atoms with Gasteiger partial charge in [-0.1, -0.05) is 59.7 Å². The number of carbonyl (C=O) groups excluding carboxylic acids is 7. The molecular weight excluding hydrogens is 1010 g/mol. The van der Waals surface area contributed by atoms with Crippen LogP contribution in [0.1, 0.15) is 63.1 Å². The van der Waals surface area contributed by atoms with Gasteiger partial charge < -0.3 is 63.5 Å². The topological polar surface area (TPSA) is 395 Å². The standard InChI is InChI=1S/C49H65N13O11S2/c1-25(53-42(68)33(51)20-28-11-15-30(16-12-28)61-62-52)41(67)56-36(21-29-13-17-31(66)18-14-29)44(70)57-37(22-49-32-8-4-5-9-34(32)58-48(49)75-49)45(71)55-35(10-6-7-19-50)43(69)59-40(27(3)65)47(73)60-46(72)39(24-74)54-38(23-63)26(2)64/h4-5,8-9,11-19,25-27,33,35-40,48,50,54,58,63-66,74H,6-7,10,20-24,51H2,1-3H3,(H,53,68)(H,55,71)(H,56,67)(H,57,70)(H,59,69)(H,60,72,73). The number of nitrogens with zero attached hydrogens (tertiary/aromatic N) is 3. The van der Waals surface area contributed by atoms with E-state index in [0.717, 1.165) is 17.5 Å². The minimum atomic E-state index is -1.75. The van der Waals surface area contributed by atoms with Gasteiger partial charge >= 0.3 is 0 Å². The number of aliphatic hydroxyl groups is 3. The second-order valence-electron chi connectivity index (χ2n) is 18.4. The summed E-state index contributed by atoms with van der Waals surface area (Å²) in [7, 11) is 0. The van der Waals surface area contributed by atoms with Gasteiger partial charge in [0.05, 0.1) is 47.1 Å². The number of thioether (sulfide) groups is 1. The Hall–Kier alpha value is -6.77. The number of phenols is 1. The number of anilines is 1. The molecule has 0 spiro atoms. The lowest BCUT2D eigenvalue weighted by Gasteiger charge is -2.29. The zero-order chi connectivity index (χ0) is 55.0. The molecule has 3 aromatic carbocycles. The van der Waals surface area contributed by atoms with Crippen LogP contribution in [0.2, 0.25) is 0 Å². The molecule has 404 valence electrons. The number of nitrogens with one attached hydrogen (secondary N) is 9. The van der Waals surface area contributed by atoms with Crippen LogP contribution in [0.15, 0.2) is 77.9 Å². The molecule has 5 rings (SSSR count). The third-order valence-electron chi connectivity index (χ3n) is 12.6. The molecule has 12 unspecified atom stereocenters. The van der Waals surface area contributed by atoms with Crippen LogP contribution in [0, 0.1) is 5.41 Å². The summed E-state index contributed by atoms with van der Waals surface area (Å²) in [6, 6.07) is 9.24. The Morgan fingerprint density at radius 2 is 1.41 bits per heavy atom. The molecule has 0 saturated carbocycles. The summed E-state index contributed by atoms with van der Waals surface area (Å²) in [6.45, 7) is 3.42. The number of phenolic OH excluding ortho intramolecular Hbond substituents is 1. The highest BCUT2D eigenvalue weighted by atomic mass is 32.2. The number of unbranched alkanes of at least 4 members (excludes halogenated alkanes) is 1. The maximum absolute atomic E-state index is 14.8. The van der Waals surface area contributed by atoms with E-state index >= 15 is 0 Å². The first-order valence-corrected chi connectivity index (χ1v) is 25.7. The van der Waals surface area contributed by atoms with Gasteiger partial charge in [-0.15, -0.1) is 11.8 Å². The van der Waals surface area contributed by atoms with E-state index in [1.165, 1.54) is 56.8 Å². The van der Waals surface area contributed by atoms with Crippen molar-refractivity contribution in [3.05, 3.63) is 99.9 Å². The van der Waals surface area contributed by atoms with E-state index in [-0.39, 0.29) is 55.4 Å². The van der Waals surface area contributed by atoms with Gasteiger partial charge in [0.1, 0.15) is 36.0 Å².